The predicted molar refractivity (Wildman–Crippen MR) is 151 cm³/mol. The number of carbonyl (C=O) groups excluding carboxylic acids is 1. The van der Waals surface area contributed by atoms with E-state index < -0.39 is 11.4 Å². The van der Waals surface area contributed by atoms with Crippen molar-refractivity contribution >= 4 is 34.4 Å². The summed E-state index contributed by atoms with van der Waals surface area (Å²) in [6.45, 7) is 9.49. The van der Waals surface area contributed by atoms with Gasteiger partial charge in [-0.3, -0.25) is 0 Å². The first kappa shape index (κ1) is 28.3. The number of ether oxygens (including phenoxy) is 2. The summed E-state index contributed by atoms with van der Waals surface area (Å²) >= 11 is 6.05. The van der Waals surface area contributed by atoms with Gasteiger partial charge in [-0.25, -0.2) is 18.6 Å². The molecule has 3 saturated heterocycles. The molecule has 0 aromatic carbocycles. The Morgan fingerprint density at radius 2 is 1.85 bits per heavy atom. The monoisotopic (exact) mass is 590 g/mol. The van der Waals surface area contributed by atoms with Gasteiger partial charge < -0.3 is 24.2 Å². The van der Waals surface area contributed by atoms with Crippen molar-refractivity contribution in [1.29, 1.82) is 0 Å². The standard InChI is InChI=1S/C29H37ClF2N6O3/c1-28(2,3)41-27(39)37-14-19-4-5-20(15-37)38(19)25-21-13-33-24(30)22(32)23(21)34-26(35-25)40-17-29(8-9-29)16-36-10-6-18(12-31)7-11-36/h12-13,19-20H,4-11,14-17H2,1-3H3. The van der Waals surface area contributed by atoms with Crippen molar-refractivity contribution in [3.63, 3.8) is 0 Å². The van der Waals surface area contributed by atoms with E-state index in [9.17, 15) is 9.18 Å². The molecule has 2 aromatic heterocycles. The van der Waals surface area contributed by atoms with Crippen LogP contribution in [0, 0.1) is 11.2 Å². The van der Waals surface area contributed by atoms with Crippen LogP contribution in [0.4, 0.5) is 19.4 Å². The van der Waals surface area contributed by atoms with Gasteiger partial charge in [0.2, 0.25) is 0 Å². The molecule has 2 bridgehead atoms. The molecule has 5 heterocycles. The van der Waals surface area contributed by atoms with E-state index in [2.05, 4.69) is 19.8 Å². The molecule has 1 aliphatic carbocycles. The Morgan fingerprint density at radius 3 is 2.46 bits per heavy atom. The Bertz CT molecular complexity index is 1340. The van der Waals surface area contributed by atoms with Crippen molar-refractivity contribution in [1.82, 2.24) is 24.8 Å². The van der Waals surface area contributed by atoms with Crippen molar-refractivity contribution in [2.24, 2.45) is 5.41 Å². The number of hydrogen-bond acceptors (Lipinski definition) is 8. The van der Waals surface area contributed by atoms with Gasteiger partial charge in [0.05, 0.1) is 18.3 Å². The number of piperazine rings is 1. The molecule has 2 atom stereocenters. The number of rotatable bonds is 6. The number of nitrogens with zero attached hydrogens (tertiary/aromatic N) is 6. The molecule has 0 spiro atoms. The van der Waals surface area contributed by atoms with Crippen LogP contribution in [0.2, 0.25) is 5.15 Å². The van der Waals surface area contributed by atoms with Gasteiger partial charge in [0.1, 0.15) is 16.9 Å². The third kappa shape index (κ3) is 5.93. The first-order valence-electron chi connectivity index (χ1n) is 14.5. The molecule has 12 heteroatoms. The van der Waals surface area contributed by atoms with Gasteiger partial charge in [-0.2, -0.15) is 9.97 Å². The zero-order valence-electron chi connectivity index (χ0n) is 23.8. The van der Waals surface area contributed by atoms with Gasteiger partial charge in [0.15, 0.2) is 11.0 Å². The lowest BCUT2D eigenvalue weighted by molar-refractivity contribution is 0.0209. The van der Waals surface area contributed by atoms with Crippen LogP contribution in [-0.2, 0) is 4.74 Å². The van der Waals surface area contributed by atoms with E-state index in [1.54, 1.807) is 4.90 Å². The van der Waals surface area contributed by atoms with Crippen LogP contribution < -0.4 is 9.64 Å². The van der Waals surface area contributed by atoms with Crippen LogP contribution in [0.15, 0.2) is 18.1 Å². The van der Waals surface area contributed by atoms with Gasteiger partial charge in [-0.05, 0) is 64.9 Å². The molecule has 1 amide bonds. The number of anilines is 1. The van der Waals surface area contributed by atoms with Gasteiger partial charge in [-0.1, -0.05) is 11.6 Å². The summed E-state index contributed by atoms with van der Waals surface area (Å²) in [4.78, 5) is 32.4. The lowest BCUT2D eigenvalue weighted by Crippen LogP contribution is -2.56. The van der Waals surface area contributed by atoms with Gasteiger partial charge in [-0.15, -0.1) is 0 Å². The highest BCUT2D eigenvalue weighted by molar-refractivity contribution is 6.30. The molecular formula is C29H37ClF2N6O3. The fourth-order valence-electron chi connectivity index (χ4n) is 6.31. The molecule has 2 unspecified atom stereocenters. The molecule has 4 aliphatic rings. The molecule has 3 aliphatic heterocycles. The smallest absolute Gasteiger partial charge is 0.410 e. The van der Waals surface area contributed by atoms with Crippen LogP contribution in [0.25, 0.3) is 10.9 Å². The van der Waals surface area contributed by atoms with E-state index >= 15 is 4.39 Å². The number of fused-ring (bicyclic) bond motifs is 3. The number of hydrogen-bond donors (Lipinski definition) is 0. The maximum absolute atomic E-state index is 15.3. The van der Waals surface area contributed by atoms with Crippen molar-refractivity contribution in [2.75, 3.05) is 44.2 Å². The lowest BCUT2D eigenvalue weighted by Gasteiger charge is -2.42. The van der Waals surface area contributed by atoms with Crippen molar-refractivity contribution in [2.45, 2.75) is 77.0 Å². The maximum atomic E-state index is 15.3. The molecule has 41 heavy (non-hydrogen) atoms. The topological polar surface area (TPSA) is 83.9 Å². The Balaban J connectivity index is 1.23. The number of carbonyl (C=O) groups is 1. The largest absolute Gasteiger partial charge is 0.463 e. The average Bonchev–Trinajstić information content (AvgIpc) is 3.65. The number of pyridine rings is 1. The van der Waals surface area contributed by atoms with Crippen LogP contribution >= 0.6 is 11.6 Å². The summed E-state index contributed by atoms with van der Waals surface area (Å²) in [5.41, 5.74) is 0.356. The zero-order valence-corrected chi connectivity index (χ0v) is 24.6. The SMILES string of the molecule is CC(C)(C)OC(=O)N1CC2CCC(C1)N2c1nc(OCC2(CN3CCC(=CF)CC3)CC2)nc2c(F)c(Cl)ncc12. The fraction of sp³-hybridized carbons (Fsp3) is 0.655. The zero-order chi connectivity index (χ0) is 28.9. The van der Waals surface area contributed by atoms with Crippen LogP contribution in [-0.4, -0.2) is 87.9 Å². The molecule has 6 rings (SSSR count). The van der Waals surface area contributed by atoms with E-state index in [1.807, 2.05) is 20.8 Å². The quantitative estimate of drug-likeness (QED) is 0.407. The van der Waals surface area contributed by atoms with Crippen molar-refractivity contribution < 1.29 is 23.0 Å². The van der Waals surface area contributed by atoms with Crippen LogP contribution in [0.5, 0.6) is 6.01 Å². The molecule has 1 saturated carbocycles. The molecule has 2 aromatic rings. The summed E-state index contributed by atoms with van der Waals surface area (Å²) < 4.78 is 40.0. The van der Waals surface area contributed by atoms with Crippen molar-refractivity contribution in [3.05, 3.63) is 29.1 Å². The first-order chi connectivity index (χ1) is 19.5. The molecule has 222 valence electrons. The van der Waals surface area contributed by atoms with Crippen molar-refractivity contribution in [3.8, 4) is 6.01 Å². The molecule has 4 fully saturated rings. The highest BCUT2D eigenvalue weighted by Gasteiger charge is 2.46. The van der Waals surface area contributed by atoms with Crippen LogP contribution in [0.1, 0.15) is 59.3 Å². The summed E-state index contributed by atoms with van der Waals surface area (Å²) in [5, 5.41) is 0.212. The normalized spacial score (nSPS) is 24.1. The number of halogens is 3. The predicted octanol–water partition coefficient (Wildman–Crippen LogP) is 5.51. The van der Waals surface area contributed by atoms with Gasteiger partial charge >= 0.3 is 12.1 Å². The van der Waals surface area contributed by atoms with E-state index in [4.69, 9.17) is 26.1 Å². The van der Waals surface area contributed by atoms with E-state index in [1.165, 1.54) is 6.20 Å². The molecule has 9 nitrogen and oxygen atoms in total. The van der Waals surface area contributed by atoms with Crippen LogP contribution in [0.3, 0.4) is 0 Å². The highest BCUT2D eigenvalue weighted by atomic mass is 35.5. The van der Waals surface area contributed by atoms with Gasteiger partial charge in [0.25, 0.3) is 0 Å². The minimum Gasteiger partial charge on any atom is -0.463 e. The number of likely N-dealkylation sites (tertiary alicyclic amines) is 2. The maximum Gasteiger partial charge on any atom is 0.410 e. The Hall–Kier alpha value is -2.79. The highest BCUT2D eigenvalue weighted by Crippen LogP contribution is 2.47. The second-order valence-corrected chi connectivity index (χ2v) is 13.3. The summed E-state index contributed by atoms with van der Waals surface area (Å²) in [5.74, 6) is -0.153. The molecule has 0 N–H and O–H groups in total. The van der Waals surface area contributed by atoms with E-state index in [-0.39, 0.29) is 40.3 Å². The minimum atomic E-state index is -0.705. The Labute approximate surface area is 243 Å². The number of piperidine rings is 1. The average molecular weight is 591 g/mol. The second-order valence-electron chi connectivity index (χ2n) is 13.0. The number of aromatic nitrogens is 3. The van der Waals surface area contributed by atoms with E-state index in [0.29, 0.717) is 30.9 Å². The summed E-state index contributed by atoms with van der Waals surface area (Å²) in [6.07, 6.45) is 7.22. The third-order valence-corrected chi connectivity index (χ3v) is 8.92. The third-order valence-electron chi connectivity index (χ3n) is 8.66. The number of amides is 1. The Morgan fingerprint density at radius 1 is 1.17 bits per heavy atom. The molecule has 0 radical (unpaired) electrons. The van der Waals surface area contributed by atoms with E-state index in [0.717, 1.165) is 70.1 Å². The fourth-order valence-corrected chi connectivity index (χ4v) is 6.45. The minimum absolute atomic E-state index is 0.0110. The summed E-state index contributed by atoms with van der Waals surface area (Å²) in [6, 6.07) is 0.0846. The molecular weight excluding hydrogens is 554 g/mol. The van der Waals surface area contributed by atoms with Gasteiger partial charge in [0, 0.05) is 56.4 Å². The Kier molecular flexibility index (Phi) is 7.46. The second kappa shape index (κ2) is 10.8. The lowest BCUT2D eigenvalue weighted by atomic mass is 10.0. The summed E-state index contributed by atoms with van der Waals surface area (Å²) in [7, 11) is 0. The first-order valence-corrected chi connectivity index (χ1v) is 14.8.